The van der Waals surface area contributed by atoms with Crippen LogP contribution in [0.2, 0.25) is 0 Å². The number of esters is 1. The average molecular weight is 246 g/mol. The van der Waals surface area contributed by atoms with Gasteiger partial charge in [0, 0.05) is 5.75 Å². The molecule has 0 bridgehead atoms. The van der Waals surface area contributed by atoms with Crippen LogP contribution in [0.5, 0.6) is 0 Å². The maximum atomic E-state index is 12.1. The van der Waals surface area contributed by atoms with Gasteiger partial charge in [-0.2, -0.15) is 11.8 Å². The van der Waals surface area contributed by atoms with Crippen molar-refractivity contribution in [1.82, 2.24) is 0 Å². The molecule has 2 atom stereocenters. The number of carbonyl (C=O) groups excluding carboxylic acids is 1. The fourth-order valence-corrected chi connectivity index (χ4v) is 2.31. The van der Waals surface area contributed by atoms with E-state index in [1.807, 2.05) is 13.8 Å². The Morgan fingerprint density at radius 1 is 1.62 bits per heavy atom. The molecule has 0 aliphatic carbocycles. The van der Waals surface area contributed by atoms with Crippen LogP contribution in [0.15, 0.2) is 0 Å². The van der Waals surface area contributed by atoms with Crippen molar-refractivity contribution in [3.63, 3.8) is 0 Å². The van der Waals surface area contributed by atoms with Gasteiger partial charge in [-0.3, -0.25) is 4.79 Å². The van der Waals surface area contributed by atoms with Crippen LogP contribution in [0.25, 0.3) is 0 Å². The lowest BCUT2D eigenvalue weighted by atomic mass is 9.77. The largest absolute Gasteiger partial charge is 0.434 e. The molecule has 94 valence electrons. The van der Waals surface area contributed by atoms with Gasteiger partial charge in [0.15, 0.2) is 0 Å². The Labute approximate surface area is 102 Å². The molecule has 1 saturated heterocycles. The van der Waals surface area contributed by atoms with Crippen LogP contribution in [-0.2, 0) is 14.3 Å². The molecule has 1 heterocycles. The van der Waals surface area contributed by atoms with Crippen LogP contribution in [0.1, 0.15) is 34.1 Å². The van der Waals surface area contributed by atoms with Crippen LogP contribution in [0.4, 0.5) is 0 Å². The minimum absolute atomic E-state index is 0.127. The second-order valence-corrected chi connectivity index (χ2v) is 5.86. The monoisotopic (exact) mass is 246 g/mol. The second kappa shape index (κ2) is 5.92. The first-order valence-electron chi connectivity index (χ1n) is 5.91. The third-order valence-electron chi connectivity index (χ3n) is 3.50. The molecule has 0 spiro atoms. The Kier molecular flexibility index (Phi) is 5.12. The Morgan fingerprint density at radius 3 is 2.75 bits per heavy atom. The van der Waals surface area contributed by atoms with E-state index in [9.17, 15) is 4.79 Å². The third kappa shape index (κ3) is 3.14. The summed E-state index contributed by atoms with van der Waals surface area (Å²) >= 11 is 1.77. The molecular weight excluding hydrogens is 224 g/mol. The highest BCUT2D eigenvalue weighted by Crippen LogP contribution is 2.33. The van der Waals surface area contributed by atoms with Crippen molar-refractivity contribution < 1.29 is 14.3 Å². The minimum atomic E-state index is -0.397. The standard InChI is InChI=1S/C12H22O3S/c1-5-12(4,9(2)3)11(13)15-10-8-16-7-6-14-10/h9-10H,5-8H2,1-4H3. The van der Waals surface area contributed by atoms with Gasteiger partial charge in [0.2, 0.25) is 6.29 Å². The summed E-state index contributed by atoms with van der Waals surface area (Å²) in [4.78, 5) is 12.1. The maximum absolute atomic E-state index is 12.1. The number of carbonyl (C=O) groups is 1. The van der Waals surface area contributed by atoms with E-state index < -0.39 is 5.41 Å². The molecule has 0 radical (unpaired) electrons. The summed E-state index contributed by atoms with van der Waals surface area (Å²) in [6.45, 7) is 8.78. The van der Waals surface area contributed by atoms with Gasteiger partial charge in [-0.05, 0) is 19.3 Å². The van der Waals surface area contributed by atoms with Crippen LogP contribution in [0, 0.1) is 11.3 Å². The summed E-state index contributed by atoms with van der Waals surface area (Å²) < 4.78 is 10.8. The first kappa shape index (κ1) is 13.8. The number of ether oxygens (including phenoxy) is 2. The van der Waals surface area contributed by atoms with Crippen molar-refractivity contribution in [2.45, 2.75) is 40.4 Å². The molecule has 1 aliphatic heterocycles. The predicted molar refractivity (Wildman–Crippen MR) is 66.4 cm³/mol. The molecule has 16 heavy (non-hydrogen) atoms. The highest BCUT2D eigenvalue weighted by molar-refractivity contribution is 7.99. The lowest BCUT2D eigenvalue weighted by molar-refractivity contribution is -0.187. The lowest BCUT2D eigenvalue weighted by Crippen LogP contribution is -2.39. The molecule has 0 aromatic heterocycles. The molecule has 3 nitrogen and oxygen atoms in total. The van der Waals surface area contributed by atoms with Crippen LogP contribution in [-0.4, -0.2) is 30.4 Å². The van der Waals surface area contributed by atoms with Gasteiger partial charge >= 0.3 is 5.97 Å². The van der Waals surface area contributed by atoms with Crippen LogP contribution < -0.4 is 0 Å². The van der Waals surface area contributed by atoms with Gasteiger partial charge in [0.25, 0.3) is 0 Å². The zero-order chi connectivity index (χ0) is 12.2. The normalized spacial score (nSPS) is 25.2. The molecule has 0 N–H and O–H groups in total. The summed E-state index contributed by atoms with van der Waals surface area (Å²) in [5, 5.41) is 0. The molecular formula is C12H22O3S. The van der Waals surface area contributed by atoms with E-state index in [0.29, 0.717) is 6.61 Å². The van der Waals surface area contributed by atoms with E-state index in [4.69, 9.17) is 9.47 Å². The SMILES string of the molecule is CCC(C)(C(=O)OC1CSCCO1)C(C)C. The first-order chi connectivity index (χ1) is 7.50. The van der Waals surface area contributed by atoms with Crippen molar-refractivity contribution in [3.05, 3.63) is 0 Å². The summed E-state index contributed by atoms with van der Waals surface area (Å²) in [5.74, 6) is 1.89. The Morgan fingerprint density at radius 2 is 2.31 bits per heavy atom. The highest BCUT2D eigenvalue weighted by atomic mass is 32.2. The van der Waals surface area contributed by atoms with Crippen molar-refractivity contribution in [1.29, 1.82) is 0 Å². The smallest absolute Gasteiger partial charge is 0.314 e. The number of thioether (sulfide) groups is 1. The minimum Gasteiger partial charge on any atom is -0.434 e. The molecule has 0 saturated carbocycles. The maximum Gasteiger partial charge on any atom is 0.314 e. The summed E-state index contributed by atoms with van der Waals surface area (Å²) in [6.07, 6.45) is 0.444. The zero-order valence-electron chi connectivity index (χ0n) is 10.6. The molecule has 4 heteroatoms. The van der Waals surface area contributed by atoms with Crippen molar-refractivity contribution in [3.8, 4) is 0 Å². The molecule has 0 aromatic rings. The number of hydrogen-bond acceptors (Lipinski definition) is 4. The summed E-state index contributed by atoms with van der Waals surface area (Å²) in [6, 6.07) is 0. The summed E-state index contributed by atoms with van der Waals surface area (Å²) in [5.41, 5.74) is -0.397. The lowest BCUT2D eigenvalue weighted by Gasteiger charge is -2.32. The second-order valence-electron chi connectivity index (χ2n) is 4.71. The third-order valence-corrected chi connectivity index (χ3v) is 4.46. The highest BCUT2D eigenvalue weighted by Gasteiger charge is 2.38. The molecule has 0 amide bonds. The van der Waals surface area contributed by atoms with E-state index in [1.165, 1.54) is 0 Å². The zero-order valence-corrected chi connectivity index (χ0v) is 11.4. The fourth-order valence-electron chi connectivity index (χ4n) is 1.58. The van der Waals surface area contributed by atoms with E-state index in [-0.39, 0.29) is 18.2 Å². The average Bonchev–Trinajstić information content (AvgIpc) is 2.28. The van der Waals surface area contributed by atoms with E-state index in [2.05, 4.69) is 13.8 Å². The van der Waals surface area contributed by atoms with Gasteiger partial charge in [0.1, 0.15) is 0 Å². The van der Waals surface area contributed by atoms with Crippen molar-refractivity contribution in [2.24, 2.45) is 11.3 Å². The first-order valence-corrected chi connectivity index (χ1v) is 7.06. The van der Waals surface area contributed by atoms with Gasteiger partial charge in [-0.1, -0.05) is 20.8 Å². The van der Waals surface area contributed by atoms with Crippen molar-refractivity contribution >= 4 is 17.7 Å². The topological polar surface area (TPSA) is 35.5 Å². The quantitative estimate of drug-likeness (QED) is 0.714. The van der Waals surface area contributed by atoms with E-state index >= 15 is 0 Å². The number of rotatable bonds is 4. The Bertz CT molecular complexity index is 236. The van der Waals surface area contributed by atoms with Gasteiger partial charge in [0.05, 0.1) is 17.8 Å². The summed E-state index contributed by atoms with van der Waals surface area (Å²) in [7, 11) is 0. The number of hydrogen-bond donors (Lipinski definition) is 0. The van der Waals surface area contributed by atoms with Gasteiger partial charge < -0.3 is 9.47 Å². The molecule has 2 unspecified atom stereocenters. The van der Waals surface area contributed by atoms with Gasteiger partial charge in [-0.15, -0.1) is 0 Å². The van der Waals surface area contributed by atoms with E-state index in [0.717, 1.165) is 17.9 Å². The van der Waals surface area contributed by atoms with Crippen LogP contribution in [0.3, 0.4) is 0 Å². The van der Waals surface area contributed by atoms with Crippen molar-refractivity contribution in [2.75, 3.05) is 18.1 Å². The molecule has 1 rings (SSSR count). The fraction of sp³-hybridized carbons (Fsp3) is 0.917. The molecule has 1 fully saturated rings. The Balaban J connectivity index is 2.55. The molecule has 1 aliphatic rings. The molecule has 0 aromatic carbocycles. The predicted octanol–water partition coefficient (Wildman–Crippen LogP) is 2.69. The van der Waals surface area contributed by atoms with Gasteiger partial charge in [-0.25, -0.2) is 0 Å². The van der Waals surface area contributed by atoms with E-state index in [1.54, 1.807) is 11.8 Å². The Hall–Kier alpha value is -0.220. The van der Waals surface area contributed by atoms with Crippen LogP contribution >= 0.6 is 11.8 Å².